The van der Waals surface area contributed by atoms with Gasteiger partial charge >= 0.3 is 8.17 Å². The zero-order valence-corrected chi connectivity index (χ0v) is 5.05. The molecule has 0 rings (SSSR count). The molecular weight excluding hydrogens is 131 g/mol. The fraction of sp³-hybridized carbons (Fsp3) is 1.00. The number of hydrogen-bond donors (Lipinski definition) is 2. The summed E-state index contributed by atoms with van der Waals surface area (Å²) in [5.41, 5.74) is 0. The van der Waals surface area contributed by atoms with Crippen LogP contribution in [-0.4, -0.2) is 24.0 Å². The van der Waals surface area contributed by atoms with Gasteiger partial charge in [-0.05, 0) is 0 Å². The fourth-order valence-corrected chi connectivity index (χ4v) is 0.224. The summed E-state index contributed by atoms with van der Waals surface area (Å²) < 4.78 is 8.17. The molecule has 0 aliphatic carbocycles. The van der Waals surface area contributed by atoms with E-state index in [1.54, 1.807) is 0 Å². The van der Waals surface area contributed by atoms with Crippen LogP contribution in [0.15, 0.2) is 0 Å². The first-order chi connectivity index (χ1) is 3.12. The van der Waals surface area contributed by atoms with Gasteiger partial charge < -0.3 is 0 Å². The van der Waals surface area contributed by atoms with Gasteiger partial charge in [-0.2, -0.15) is 18.8 Å². The van der Waals surface area contributed by atoms with Crippen LogP contribution in [0.25, 0.3) is 0 Å². The van der Waals surface area contributed by atoms with Gasteiger partial charge in [0.1, 0.15) is 0 Å². The third kappa shape index (κ3) is 4.43. The molecule has 0 atom stereocenters. The standard InChI is InChI=1S/C2H8O4P.CH4/c1-5-7(3,4)6-2;/h3-4H,1-2H3;1H4/q+1;. The van der Waals surface area contributed by atoms with Gasteiger partial charge in [0.05, 0.1) is 14.2 Å². The van der Waals surface area contributed by atoms with Gasteiger partial charge in [0.2, 0.25) is 0 Å². The maximum absolute atomic E-state index is 8.35. The van der Waals surface area contributed by atoms with Gasteiger partial charge in [0.25, 0.3) is 0 Å². The molecule has 0 spiro atoms. The minimum absolute atomic E-state index is 0. The van der Waals surface area contributed by atoms with Crippen LogP contribution in [0, 0.1) is 0 Å². The normalized spacial score (nSPS) is 10.5. The third-order valence-corrected chi connectivity index (χ3v) is 1.43. The maximum atomic E-state index is 8.35. The average molecular weight is 143 g/mol. The maximum Gasteiger partial charge on any atom is 0.569 e. The molecule has 0 heterocycles. The minimum Gasteiger partial charge on any atom is -0.168 e. The van der Waals surface area contributed by atoms with Crippen molar-refractivity contribution >= 4 is 8.17 Å². The monoisotopic (exact) mass is 143 g/mol. The average Bonchev–Trinajstić information content (AvgIpc) is 1.68. The summed E-state index contributed by atoms with van der Waals surface area (Å²) >= 11 is 0. The van der Waals surface area contributed by atoms with Crippen molar-refractivity contribution in [1.82, 2.24) is 0 Å². The molecule has 0 radical (unpaired) electrons. The minimum atomic E-state index is -3.40. The van der Waals surface area contributed by atoms with Crippen molar-refractivity contribution in [1.29, 1.82) is 0 Å². The number of hydrogen-bond acceptors (Lipinski definition) is 4. The lowest BCUT2D eigenvalue weighted by molar-refractivity contribution is 0.165. The van der Waals surface area contributed by atoms with Gasteiger partial charge in [0, 0.05) is 0 Å². The van der Waals surface area contributed by atoms with E-state index in [0.29, 0.717) is 0 Å². The van der Waals surface area contributed by atoms with E-state index in [0.717, 1.165) is 14.2 Å². The van der Waals surface area contributed by atoms with E-state index in [2.05, 4.69) is 9.05 Å². The number of rotatable bonds is 2. The van der Waals surface area contributed by atoms with Crippen LogP contribution >= 0.6 is 8.17 Å². The Bertz CT molecular complexity index is 49.2. The lowest BCUT2D eigenvalue weighted by atomic mass is 11.8. The first-order valence-electron chi connectivity index (χ1n) is 1.58. The molecule has 0 aromatic rings. The predicted octanol–water partition coefficient (Wildman–Crippen LogP) is 0.578. The summed E-state index contributed by atoms with van der Waals surface area (Å²) in [6, 6.07) is 0. The summed E-state index contributed by atoms with van der Waals surface area (Å²) in [6.45, 7) is 0. The van der Waals surface area contributed by atoms with E-state index in [4.69, 9.17) is 9.79 Å². The molecule has 4 nitrogen and oxygen atoms in total. The van der Waals surface area contributed by atoms with Gasteiger partial charge in [-0.1, -0.05) is 7.43 Å². The van der Waals surface area contributed by atoms with E-state index in [1.165, 1.54) is 0 Å². The Kier molecular flexibility index (Phi) is 5.81. The van der Waals surface area contributed by atoms with Crippen molar-refractivity contribution in [3.8, 4) is 0 Å². The van der Waals surface area contributed by atoms with Crippen molar-refractivity contribution in [2.75, 3.05) is 14.2 Å². The first kappa shape index (κ1) is 11.1. The molecule has 5 heteroatoms. The van der Waals surface area contributed by atoms with Crippen LogP contribution in [0.5, 0.6) is 0 Å². The molecule has 0 unspecified atom stereocenters. The molecule has 0 saturated heterocycles. The molecule has 52 valence electrons. The van der Waals surface area contributed by atoms with Crippen LogP contribution in [0.3, 0.4) is 0 Å². The highest BCUT2D eigenvalue weighted by Gasteiger charge is 2.34. The molecule has 0 aromatic carbocycles. The molecule has 0 amide bonds. The smallest absolute Gasteiger partial charge is 0.168 e. The SMILES string of the molecule is C.CO[P+](O)(O)OC. The highest BCUT2D eigenvalue weighted by atomic mass is 31.2. The molecule has 0 saturated carbocycles. The van der Waals surface area contributed by atoms with E-state index < -0.39 is 8.17 Å². The molecular formula is C3H12O4P+. The summed E-state index contributed by atoms with van der Waals surface area (Å²) in [5, 5.41) is 0. The largest absolute Gasteiger partial charge is 0.569 e. The Labute approximate surface area is 49.7 Å². The zero-order valence-electron chi connectivity index (χ0n) is 4.16. The Balaban J connectivity index is 0. The van der Waals surface area contributed by atoms with E-state index >= 15 is 0 Å². The van der Waals surface area contributed by atoms with Crippen molar-refractivity contribution in [3.63, 3.8) is 0 Å². The molecule has 8 heavy (non-hydrogen) atoms. The Morgan fingerprint density at radius 2 is 1.38 bits per heavy atom. The predicted molar refractivity (Wildman–Crippen MR) is 32.1 cm³/mol. The molecule has 2 N–H and O–H groups in total. The fourth-order valence-electron chi connectivity index (χ4n) is 0.0745. The molecule has 0 fully saturated rings. The molecule has 0 aliphatic rings. The van der Waals surface area contributed by atoms with Crippen molar-refractivity contribution in [2.24, 2.45) is 0 Å². The Morgan fingerprint density at radius 1 is 1.12 bits per heavy atom. The Morgan fingerprint density at radius 3 is 1.38 bits per heavy atom. The lowest BCUT2D eigenvalue weighted by Crippen LogP contribution is -1.92. The highest BCUT2D eigenvalue weighted by molar-refractivity contribution is 7.54. The van der Waals surface area contributed by atoms with Crippen molar-refractivity contribution < 1.29 is 18.8 Å². The van der Waals surface area contributed by atoms with Crippen LogP contribution in [-0.2, 0) is 9.05 Å². The summed E-state index contributed by atoms with van der Waals surface area (Å²) in [5.74, 6) is 0. The van der Waals surface area contributed by atoms with E-state index in [-0.39, 0.29) is 7.43 Å². The summed E-state index contributed by atoms with van der Waals surface area (Å²) in [7, 11) is -1.08. The van der Waals surface area contributed by atoms with Crippen LogP contribution < -0.4 is 0 Å². The third-order valence-electron chi connectivity index (χ3n) is 0.476. The topological polar surface area (TPSA) is 58.9 Å². The van der Waals surface area contributed by atoms with Crippen molar-refractivity contribution in [2.45, 2.75) is 7.43 Å². The van der Waals surface area contributed by atoms with Crippen LogP contribution in [0.2, 0.25) is 0 Å². The zero-order chi connectivity index (χ0) is 5.91. The molecule has 0 aliphatic heterocycles. The van der Waals surface area contributed by atoms with Crippen LogP contribution in [0.1, 0.15) is 7.43 Å². The van der Waals surface area contributed by atoms with Gasteiger partial charge in [0.15, 0.2) is 0 Å². The Hall–Kier alpha value is 0.270. The molecule has 0 bridgehead atoms. The van der Waals surface area contributed by atoms with E-state index in [9.17, 15) is 0 Å². The molecule has 0 aromatic heterocycles. The van der Waals surface area contributed by atoms with Gasteiger partial charge in [-0.15, -0.1) is 0 Å². The summed E-state index contributed by atoms with van der Waals surface area (Å²) in [4.78, 5) is 16.7. The van der Waals surface area contributed by atoms with E-state index in [1.807, 2.05) is 0 Å². The van der Waals surface area contributed by atoms with Crippen molar-refractivity contribution in [3.05, 3.63) is 0 Å². The van der Waals surface area contributed by atoms with Gasteiger partial charge in [-0.25, -0.2) is 0 Å². The van der Waals surface area contributed by atoms with Gasteiger partial charge in [-0.3, -0.25) is 0 Å². The summed E-state index contributed by atoms with van der Waals surface area (Å²) in [6.07, 6.45) is 0. The second kappa shape index (κ2) is 4.18. The van der Waals surface area contributed by atoms with Crippen LogP contribution in [0.4, 0.5) is 0 Å². The first-order valence-corrected chi connectivity index (χ1v) is 3.11. The lowest BCUT2D eigenvalue weighted by Gasteiger charge is -1.99. The highest BCUT2D eigenvalue weighted by Crippen LogP contribution is 2.50. The second-order valence-corrected chi connectivity index (χ2v) is 2.57. The quantitative estimate of drug-likeness (QED) is 0.555. The second-order valence-electron chi connectivity index (χ2n) is 0.856.